The molecule has 0 saturated heterocycles. The second-order valence-electron chi connectivity index (χ2n) is 4.24. The molecule has 0 bridgehead atoms. The van der Waals surface area contributed by atoms with E-state index in [1.54, 1.807) is 9.48 Å². The summed E-state index contributed by atoms with van der Waals surface area (Å²) in [5.41, 5.74) is 1.71. The summed E-state index contributed by atoms with van der Waals surface area (Å²) in [6.07, 6.45) is 0. The second-order valence-corrected chi connectivity index (χ2v) is 4.24. The average molecular weight is 258 g/mol. The van der Waals surface area contributed by atoms with Gasteiger partial charge >= 0.3 is 0 Å². The van der Waals surface area contributed by atoms with Gasteiger partial charge in [0, 0.05) is 0 Å². The first-order valence-corrected chi connectivity index (χ1v) is 6.07. The summed E-state index contributed by atoms with van der Waals surface area (Å²) in [4.78, 5) is 5.93. The SMILES string of the molecule is Cc1nc(Cn2nc3ccccc3n2)n(CCO)n1. The van der Waals surface area contributed by atoms with E-state index in [4.69, 9.17) is 5.11 Å². The highest BCUT2D eigenvalue weighted by Gasteiger charge is 2.09. The largest absolute Gasteiger partial charge is 0.394 e. The highest BCUT2D eigenvalue weighted by Crippen LogP contribution is 2.08. The van der Waals surface area contributed by atoms with Gasteiger partial charge in [0.1, 0.15) is 23.4 Å². The summed E-state index contributed by atoms with van der Waals surface area (Å²) in [7, 11) is 0. The zero-order chi connectivity index (χ0) is 13.2. The Kier molecular flexibility index (Phi) is 2.96. The van der Waals surface area contributed by atoms with Gasteiger partial charge in [0.25, 0.3) is 0 Å². The van der Waals surface area contributed by atoms with Crippen LogP contribution in [-0.2, 0) is 13.1 Å². The maximum atomic E-state index is 9.01. The third-order valence-electron chi connectivity index (χ3n) is 2.78. The highest BCUT2D eigenvalue weighted by molar-refractivity contribution is 5.72. The number of rotatable bonds is 4. The molecule has 0 atom stereocenters. The van der Waals surface area contributed by atoms with Crippen molar-refractivity contribution in [3.8, 4) is 0 Å². The maximum Gasteiger partial charge on any atom is 0.150 e. The van der Waals surface area contributed by atoms with E-state index in [1.165, 1.54) is 0 Å². The van der Waals surface area contributed by atoms with Gasteiger partial charge in [-0.05, 0) is 19.1 Å². The molecule has 0 spiro atoms. The van der Waals surface area contributed by atoms with Crippen LogP contribution in [0.2, 0.25) is 0 Å². The van der Waals surface area contributed by atoms with Crippen molar-refractivity contribution in [2.24, 2.45) is 0 Å². The van der Waals surface area contributed by atoms with Crippen LogP contribution in [0.15, 0.2) is 24.3 Å². The number of fused-ring (bicyclic) bond motifs is 1. The summed E-state index contributed by atoms with van der Waals surface area (Å²) in [5.74, 6) is 1.42. The quantitative estimate of drug-likeness (QED) is 0.731. The number of aliphatic hydroxyl groups is 1. The van der Waals surface area contributed by atoms with Crippen molar-refractivity contribution in [3.63, 3.8) is 0 Å². The summed E-state index contributed by atoms with van der Waals surface area (Å²) in [5, 5.41) is 22.0. The van der Waals surface area contributed by atoms with Gasteiger partial charge < -0.3 is 5.11 Å². The minimum atomic E-state index is 0.0321. The van der Waals surface area contributed by atoms with E-state index in [9.17, 15) is 0 Å². The van der Waals surface area contributed by atoms with Gasteiger partial charge in [0.05, 0.1) is 13.2 Å². The standard InChI is InChI=1S/C12H14N6O/c1-9-13-12(17(14-9)6-7-19)8-18-15-10-4-2-3-5-11(10)16-18/h2-5,19H,6-8H2,1H3. The van der Waals surface area contributed by atoms with Crippen molar-refractivity contribution in [1.29, 1.82) is 0 Å². The lowest BCUT2D eigenvalue weighted by Gasteiger charge is -2.02. The number of nitrogens with zero attached hydrogens (tertiary/aromatic N) is 6. The smallest absolute Gasteiger partial charge is 0.150 e. The Morgan fingerprint density at radius 3 is 2.42 bits per heavy atom. The molecule has 7 nitrogen and oxygen atoms in total. The molecule has 1 aromatic carbocycles. The van der Waals surface area contributed by atoms with Crippen molar-refractivity contribution in [1.82, 2.24) is 29.8 Å². The lowest BCUT2D eigenvalue weighted by atomic mass is 10.3. The van der Waals surface area contributed by atoms with Crippen molar-refractivity contribution >= 4 is 11.0 Å². The van der Waals surface area contributed by atoms with E-state index in [0.717, 1.165) is 16.9 Å². The predicted octanol–water partition coefficient (Wildman–Crippen LogP) is 0.372. The third-order valence-corrected chi connectivity index (χ3v) is 2.78. The van der Waals surface area contributed by atoms with Crippen molar-refractivity contribution in [2.45, 2.75) is 20.0 Å². The summed E-state index contributed by atoms with van der Waals surface area (Å²) in [6.45, 7) is 2.72. The van der Waals surface area contributed by atoms with Crippen molar-refractivity contribution < 1.29 is 5.11 Å². The molecule has 0 unspecified atom stereocenters. The van der Waals surface area contributed by atoms with Crippen LogP contribution in [-0.4, -0.2) is 41.5 Å². The Morgan fingerprint density at radius 2 is 1.79 bits per heavy atom. The molecule has 98 valence electrons. The molecule has 2 heterocycles. The molecular formula is C12H14N6O. The molecule has 7 heteroatoms. The number of aliphatic hydroxyl groups excluding tert-OH is 1. The van der Waals surface area contributed by atoms with Crippen LogP contribution in [0.4, 0.5) is 0 Å². The van der Waals surface area contributed by atoms with Crippen LogP contribution in [0, 0.1) is 6.92 Å². The van der Waals surface area contributed by atoms with Gasteiger partial charge in [-0.25, -0.2) is 9.67 Å². The lowest BCUT2D eigenvalue weighted by Crippen LogP contribution is -2.13. The molecule has 1 N–H and O–H groups in total. The van der Waals surface area contributed by atoms with Crippen molar-refractivity contribution in [3.05, 3.63) is 35.9 Å². The first kappa shape index (κ1) is 11.8. The summed E-state index contributed by atoms with van der Waals surface area (Å²) in [6, 6.07) is 7.70. The number of aromatic nitrogens is 6. The van der Waals surface area contributed by atoms with Crippen LogP contribution < -0.4 is 0 Å². The van der Waals surface area contributed by atoms with Crippen LogP contribution in [0.25, 0.3) is 11.0 Å². The molecule has 0 aliphatic rings. The Labute approximate surface area is 109 Å². The molecule has 0 aliphatic carbocycles. The monoisotopic (exact) mass is 258 g/mol. The molecule has 2 aromatic heterocycles. The highest BCUT2D eigenvalue weighted by atomic mass is 16.3. The van der Waals surface area contributed by atoms with Crippen molar-refractivity contribution in [2.75, 3.05) is 6.61 Å². The molecule has 3 rings (SSSR count). The lowest BCUT2D eigenvalue weighted by molar-refractivity contribution is 0.266. The van der Waals surface area contributed by atoms with Crippen LogP contribution >= 0.6 is 0 Å². The Balaban J connectivity index is 1.91. The second kappa shape index (κ2) is 4.77. The minimum absolute atomic E-state index is 0.0321. The number of aryl methyl sites for hydroxylation is 1. The molecular weight excluding hydrogens is 244 g/mol. The fraction of sp³-hybridized carbons (Fsp3) is 0.333. The fourth-order valence-electron chi connectivity index (χ4n) is 1.99. The Bertz CT molecular complexity index is 668. The van der Waals surface area contributed by atoms with Gasteiger partial charge in [-0.2, -0.15) is 20.1 Å². The molecule has 0 fully saturated rings. The normalized spacial score (nSPS) is 11.3. The Hall–Kier alpha value is -2.28. The first-order valence-electron chi connectivity index (χ1n) is 6.07. The van der Waals surface area contributed by atoms with E-state index < -0.39 is 0 Å². The van der Waals surface area contributed by atoms with Gasteiger partial charge in [-0.1, -0.05) is 12.1 Å². The predicted molar refractivity (Wildman–Crippen MR) is 68.5 cm³/mol. The van der Waals surface area contributed by atoms with E-state index in [-0.39, 0.29) is 6.61 Å². The molecule has 0 saturated carbocycles. The number of hydrogen-bond donors (Lipinski definition) is 1. The zero-order valence-corrected chi connectivity index (χ0v) is 10.6. The molecule has 0 aliphatic heterocycles. The third kappa shape index (κ3) is 2.32. The summed E-state index contributed by atoms with van der Waals surface area (Å²) < 4.78 is 1.68. The van der Waals surface area contributed by atoms with Gasteiger partial charge in [0.15, 0.2) is 5.82 Å². The zero-order valence-electron chi connectivity index (χ0n) is 10.6. The molecule has 0 amide bonds. The van der Waals surface area contributed by atoms with E-state index in [1.807, 2.05) is 31.2 Å². The summed E-state index contributed by atoms with van der Waals surface area (Å²) >= 11 is 0. The van der Waals surface area contributed by atoms with Crippen LogP contribution in [0.5, 0.6) is 0 Å². The fourth-order valence-corrected chi connectivity index (χ4v) is 1.99. The number of benzene rings is 1. The van der Waals surface area contributed by atoms with Crippen LogP contribution in [0.3, 0.4) is 0 Å². The molecule has 0 radical (unpaired) electrons. The first-order chi connectivity index (χ1) is 9.26. The minimum Gasteiger partial charge on any atom is -0.394 e. The van der Waals surface area contributed by atoms with Gasteiger partial charge in [-0.3, -0.25) is 0 Å². The number of hydrogen-bond acceptors (Lipinski definition) is 5. The van der Waals surface area contributed by atoms with E-state index >= 15 is 0 Å². The van der Waals surface area contributed by atoms with Gasteiger partial charge in [-0.15, -0.1) is 0 Å². The van der Waals surface area contributed by atoms with Gasteiger partial charge in [0.2, 0.25) is 0 Å². The maximum absolute atomic E-state index is 9.01. The van der Waals surface area contributed by atoms with Crippen LogP contribution in [0.1, 0.15) is 11.6 Å². The topological polar surface area (TPSA) is 81.7 Å². The van der Waals surface area contributed by atoms with E-state index in [2.05, 4.69) is 20.3 Å². The Morgan fingerprint density at radius 1 is 1.11 bits per heavy atom. The van der Waals surface area contributed by atoms with E-state index in [0.29, 0.717) is 18.9 Å². The molecule has 19 heavy (non-hydrogen) atoms. The molecule has 3 aromatic rings. The average Bonchev–Trinajstić information content (AvgIpc) is 2.93.